The van der Waals surface area contributed by atoms with Gasteiger partial charge in [-0.3, -0.25) is 0 Å². The second-order valence-electron chi connectivity index (χ2n) is 3.63. The van der Waals surface area contributed by atoms with Crippen LogP contribution in [0.4, 0.5) is 0 Å². The average molecular weight is 276 g/mol. The van der Waals surface area contributed by atoms with E-state index in [2.05, 4.69) is 22.5 Å². The maximum Gasteiger partial charge on any atom is 0.0639 e. The zero-order valence-corrected chi connectivity index (χ0v) is 10.5. The summed E-state index contributed by atoms with van der Waals surface area (Å²) in [6, 6.07) is 2.01. The standard InChI is InChI=1S/C10H14BrNOS/c1-7(5-13)4-10(2,12)9-3-8(11)6-14-9/h3,6,13H,1,4-5,12H2,2H3. The van der Waals surface area contributed by atoms with Gasteiger partial charge in [0.05, 0.1) is 12.1 Å². The number of nitrogens with two attached hydrogens (primary N) is 1. The number of aliphatic hydroxyl groups excluding tert-OH is 1. The highest BCUT2D eigenvalue weighted by Gasteiger charge is 2.23. The molecule has 0 aliphatic rings. The minimum Gasteiger partial charge on any atom is -0.392 e. The van der Waals surface area contributed by atoms with E-state index in [1.54, 1.807) is 11.3 Å². The van der Waals surface area contributed by atoms with E-state index in [4.69, 9.17) is 10.8 Å². The molecule has 1 unspecified atom stereocenters. The van der Waals surface area contributed by atoms with Crippen LogP contribution in [0.1, 0.15) is 18.2 Å². The van der Waals surface area contributed by atoms with Crippen LogP contribution in [-0.4, -0.2) is 11.7 Å². The third-order valence-electron chi connectivity index (χ3n) is 1.97. The molecule has 1 aromatic rings. The highest BCUT2D eigenvalue weighted by atomic mass is 79.9. The van der Waals surface area contributed by atoms with Crippen LogP contribution in [0.3, 0.4) is 0 Å². The van der Waals surface area contributed by atoms with E-state index >= 15 is 0 Å². The second kappa shape index (κ2) is 4.57. The van der Waals surface area contributed by atoms with Gasteiger partial charge in [-0.1, -0.05) is 6.58 Å². The second-order valence-corrected chi connectivity index (χ2v) is 5.46. The van der Waals surface area contributed by atoms with E-state index in [1.807, 2.05) is 18.4 Å². The van der Waals surface area contributed by atoms with Crippen molar-refractivity contribution in [2.24, 2.45) is 5.73 Å². The van der Waals surface area contributed by atoms with Crippen LogP contribution in [0.25, 0.3) is 0 Å². The lowest BCUT2D eigenvalue weighted by Gasteiger charge is -2.23. The summed E-state index contributed by atoms with van der Waals surface area (Å²) in [7, 11) is 0. The molecule has 0 saturated heterocycles. The molecule has 2 nitrogen and oxygen atoms in total. The van der Waals surface area contributed by atoms with Gasteiger partial charge in [-0.25, -0.2) is 0 Å². The molecule has 0 radical (unpaired) electrons. The van der Waals surface area contributed by atoms with Crippen LogP contribution in [0.5, 0.6) is 0 Å². The van der Waals surface area contributed by atoms with Crippen molar-refractivity contribution in [1.82, 2.24) is 0 Å². The third kappa shape index (κ3) is 2.92. The molecule has 0 aromatic carbocycles. The smallest absolute Gasteiger partial charge is 0.0639 e. The summed E-state index contributed by atoms with van der Waals surface area (Å²) in [5.74, 6) is 0. The van der Waals surface area contributed by atoms with Crippen molar-refractivity contribution in [1.29, 1.82) is 0 Å². The largest absolute Gasteiger partial charge is 0.392 e. The summed E-state index contributed by atoms with van der Waals surface area (Å²) in [5.41, 5.74) is 6.47. The zero-order chi connectivity index (χ0) is 10.8. The molecule has 3 N–H and O–H groups in total. The molecular formula is C10H14BrNOS. The molecule has 1 rings (SSSR count). The van der Waals surface area contributed by atoms with Gasteiger partial charge in [-0.2, -0.15) is 0 Å². The molecule has 1 atom stereocenters. The highest BCUT2D eigenvalue weighted by molar-refractivity contribution is 9.10. The Hall–Kier alpha value is -0.160. The Bertz CT molecular complexity index is 333. The predicted octanol–water partition coefficient (Wildman–Crippen LogP) is 2.62. The molecule has 1 aromatic heterocycles. The van der Waals surface area contributed by atoms with Crippen LogP contribution >= 0.6 is 27.3 Å². The van der Waals surface area contributed by atoms with Gasteiger partial charge in [-0.15, -0.1) is 11.3 Å². The van der Waals surface area contributed by atoms with Crippen LogP contribution in [0.15, 0.2) is 28.1 Å². The summed E-state index contributed by atoms with van der Waals surface area (Å²) in [4.78, 5) is 1.10. The van der Waals surface area contributed by atoms with Gasteiger partial charge in [0.2, 0.25) is 0 Å². The molecule has 0 fully saturated rings. The van der Waals surface area contributed by atoms with Gasteiger partial charge >= 0.3 is 0 Å². The fourth-order valence-electron chi connectivity index (χ4n) is 1.27. The van der Waals surface area contributed by atoms with Gasteiger partial charge in [0.25, 0.3) is 0 Å². The van der Waals surface area contributed by atoms with Crippen molar-refractivity contribution < 1.29 is 5.11 Å². The molecule has 0 aliphatic carbocycles. The van der Waals surface area contributed by atoms with E-state index < -0.39 is 5.54 Å². The predicted molar refractivity (Wildman–Crippen MR) is 64.4 cm³/mol. The molecular weight excluding hydrogens is 262 g/mol. The fourth-order valence-corrected chi connectivity index (χ4v) is 2.78. The molecule has 4 heteroatoms. The molecule has 14 heavy (non-hydrogen) atoms. The van der Waals surface area contributed by atoms with E-state index in [0.29, 0.717) is 6.42 Å². The summed E-state index contributed by atoms with van der Waals surface area (Å²) in [6.07, 6.45) is 0.608. The molecule has 0 aliphatic heterocycles. The first-order chi connectivity index (χ1) is 6.45. The number of hydrogen-bond donors (Lipinski definition) is 2. The molecule has 0 amide bonds. The number of aliphatic hydroxyl groups is 1. The Balaban J connectivity index is 2.79. The normalized spacial score (nSPS) is 15.1. The third-order valence-corrected chi connectivity index (χ3v) is 3.94. The van der Waals surface area contributed by atoms with Crippen molar-refractivity contribution in [2.75, 3.05) is 6.61 Å². The summed E-state index contributed by atoms with van der Waals surface area (Å²) < 4.78 is 1.05. The Morgan fingerprint density at radius 1 is 1.79 bits per heavy atom. The quantitative estimate of drug-likeness (QED) is 0.830. The Labute approximate surface area is 96.6 Å². The van der Waals surface area contributed by atoms with Gasteiger partial charge in [0.15, 0.2) is 0 Å². The highest BCUT2D eigenvalue weighted by Crippen LogP contribution is 2.31. The van der Waals surface area contributed by atoms with E-state index in [9.17, 15) is 0 Å². The fraction of sp³-hybridized carbons (Fsp3) is 0.400. The van der Waals surface area contributed by atoms with Crippen LogP contribution in [0, 0.1) is 0 Å². The maximum atomic E-state index is 8.89. The van der Waals surface area contributed by atoms with Crippen LogP contribution in [-0.2, 0) is 5.54 Å². The minimum absolute atomic E-state index is 0.000660. The lowest BCUT2D eigenvalue weighted by atomic mass is 9.93. The summed E-state index contributed by atoms with van der Waals surface area (Å²) >= 11 is 5.01. The number of thiophene rings is 1. The Morgan fingerprint density at radius 3 is 2.86 bits per heavy atom. The Kier molecular flexibility index (Phi) is 3.89. The Morgan fingerprint density at radius 2 is 2.43 bits per heavy atom. The first-order valence-corrected chi connectivity index (χ1v) is 5.94. The number of rotatable bonds is 4. The minimum atomic E-state index is -0.434. The van der Waals surface area contributed by atoms with E-state index in [-0.39, 0.29) is 6.61 Å². The topological polar surface area (TPSA) is 46.2 Å². The SMILES string of the molecule is C=C(CO)CC(C)(N)c1cc(Br)cs1. The average Bonchev–Trinajstić information content (AvgIpc) is 2.51. The van der Waals surface area contributed by atoms with Crippen LogP contribution < -0.4 is 5.73 Å². The van der Waals surface area contributed by atoms with Gasteiger partial charge in [-0.05, 0) is 40.9 Å². The summed E-state index contributed by atoms with van der Waals surface area (Å²) in [6.45, 7) is 5.70. The van der Waals surface area contributed by atoms with Crippen molar-refractivity contribution in [3.05, 3.63) is 32.9 Å². The molecule has 78 valence electrons. The monoisotopic (exact) mass is 275 g/mol. The zero-order valence-electron chi connectivity index (χ0n) is 8.09. The molecule has 1 heterocycles. The lowest BCUT2D eigenvalue weighted by molar-refractivity contribution is 0.317. The van der Waals surface area contributed by atoms with Crippen molar-refractivity contribution in [3.8, 4) is 0 Å². The van der Waals surface area contributed by atoms with Crippen molar-refractivity contribution >= 4 is 27.3 Å². The summed E-state index contributed by atoms with van der Waals surface area (Å²) in [5, 5.41) is 10.9. The number of hydrogen-bond acceptors (Lipinski definition) is 3. The first kappa shape index (κ1) is 11.9. The molecule has 0 bridgehead atoms. The van der Waals surface area contributed by atoms with Gasteiger partial charge in [0.1, 0.15) is 0 Å². The first-order valence-electron chi connectivity index (χ1n) is 4.26. The van der Waals surface area contributed by atoms with Gasteiger partial charge in [0, 0.05) is 14.7 Å². The van der Waals surface area contributed by atoms with Crippen molar-refractivity contribution in [2.45, 2.75) is 18.9 Å². The maximum absolute atomic E-state index is 8.89. The van der Waals surface area contributed by atoms with Crippen molar-refractivity contribution in [3.63, 3.8) is 0 Å². The van der Waals surface area contributed by atoms with E-state index in [1.165, 1.54) is 0 Å². The molecule has 0 saturated carbocycles. The van der Waals surface area contributed by atoms with Gasteiger partial charge < -0.3 is 10.8 Å². The van der Waals surface area contributed by atoms with E-state index in [0.717, 1.165) is 14.9 Å². The lowest BCUT2D eigenvalue weighted by Crippen LogP contribution is -2.32. The number of halogens is 1. The molecule has 0 spiro atoms. The van der Waals surface area contributed by atoms with Crippen LogP contribution in [0.2, 0.25) is 0 Å².